The maximum atomic E-state index is 3.66. The molecule has 120 valence electrons. The summed E-state index contributed by atoms with van der Waals surface area (Å²) in [5.74, 6) is 0.394. The zero-order chi connectivity index (χ0) is 14.4. The first-order valence-corrected chi connectivity index (χ1v) is 10.1. The van der Waals surface area contributed by atoms with Crippen LogP contribution in [0.1, 0.15) is 23.5 Å². The smallest absolute Gasteiger partial charge is 1.00 e. The molecule has 2 aromatic rings. The zero-order valence-corrected chi connectivity index (χ0v) is 18.7. The van der Waals surface area contributed by atoms with Crippen LogP contribution in [0.15, 0.2) is 65.4 Å². The van der Waals surface area contributed by atoms with Gasteiger partial charge in [-0.1, -0.05) is 61.6 Å². The fraction of sp³-hybridized carbons (Fsp3) is 0.200. The van der Waals surface area contributed by atoms with Crippen molar-refractivity contribution in [3.8, 4) is 11.1 Å². The van der Waals surface area contributed by atoms with Crippen molar-refractivity contribution in [3.63, 3.8) is 0 Å². The second-order valence-electron chi connectivity index (χ2n) is 6.02. The van der Waals surface area contributed by atoms with E-state index in [1.54, 1.807) is 5.20 Å². The van der Waals surface area contributed by atoms with Gasteiger partial charge in [0.1, 0.15) is 0 Å². The van der Waals surface area contributed by atoms with E-state index in [1.165, 1.54) is 27.8 Å². The average molecular weight is 449 g/mol. The first-order chi connectivity index (χ1) is 10.3. The summed E-state index contributed by atoms with van der Waals surface area (Å²) in [5.41, 5.74) is 7.17. The van der Waals surface area contributed by atoms with Crippen LogP contribution in [0.25, 0.3) is 11.1 Å². The Morgan fingerprint density at radius 3 is 1.88 bits per heavy atom. The molecule has 0 amide bonds. The molecule has 0 aromatic heterocycles. The molecule has 2 aromatic carbocycles. The Balaban J connectivity index is 0.000000960. The van der Waals surface area contributed by atoms with Gasteiger partial charge < -0.3 is 24.8 Å². The van der Waals surface area contributed by atoms with Crippen molar-refractivity contribution in [2.24, 2.45) is 0 Å². The molecule has 0 spiro atoms. The summed E-state index contributed by atoms with van der Waals surface area (Å²) >= 11 is 0. The van der Waals surface area contributed by atoms with E-state index in [4.69, 9.17) is 0 Å². The van der Waals surface area contributed by atoms with Gasteiger partial charge >= 0.3 is 26.2 Å². The fourth-order valence-electron chi connectivity index (χ4n) is 3.67. The van der Waals surface area contributed by atoms with Crippen LogP contribution in [0, 0.1) is 6.08 Å². The predicted molar refractivity (Wildman–Crippen MR) is 90.7 cm³/mol. The van der Waals surface area contributed by atoms with Gasteiger partial charge in [-0.15, -0.1) is 6.42 Å². The van der Waals surface area contributed by atoms with E-state index in [-0.39, 0.29) is 51.0 Å². The van der Waals surface area contributed by atoms with Gasteiger partial charge in [0.15, 0.2) is 0 Å². The van der Waals surface area contributed by atoms with Crippen molar-refractivity contribution in [2.45, 2.75) is 25.4 Å². The van der Waals surface area contributed by atoms with Crippen LogP contribution >= 0.6 is 0 Å². The second kappa shape index (κ2) is 8.81. The number of fused-ring (bicyclic) bond motifs is 3. The molecule has 0 saturated carbocycles. The monoisotopic (exact) mass is 446 g/mol. The Bertz CT molecular complexity index is 735. The Hall–Kier alpha value is -0.400. The van der Waals surface area contributed by atoms with Crippen LogP contribution in [-0.4, -0.2) is 8.80 Å². The van der Waals surface area contributed by atoms with E-state index in [2.05, 4.69) is 73.8 Å². The minimum atomic E-state index is -0.439. The number of rotatable bonds is 2. The molecule has 0 aliphatic heterocycles. The number of benzene rings is 2. The number of hydrogen-bond acceptors (Lipinski definition) is 0. The van der Waals surface area contributed by atoms with E-state index in [0.29, 0.717) is 5.92 Å². The van der Waals surface area contributed by atoms with Gasteiger partial charge in [-0.05, 0) is 31.1 Å². The normalized spacial score (nSPS) is 14.6. The van der Waals surface area contributed by atoms with Gasteiger partial charge in [0.25, 0.3) is 0 Å². The summed E-state index contributed by atoms with van der Waals surface area (Å²) in [5, 5.41) is 1.58. The van der Waals surface area contributed by atoms with E-state index >= 15 is 0 Å². The molecule has 2 radical (unpaired) electrons. The molecule has 0 atom stereocenters. The van der Waals surface area contributed by atoms with Crippen molar-refractivity contribution in [3.05, 3.63) is 82.6 Å². The topological polar surface area (TPSA) is 0 Å². The summed E-state index contributed by atoms with van der Waals surface area (Å²) in [6.07, 6.45) is 7.04. The van der Waals surface area contributed by atoms with Gasteiger partial charge in [-0.2, -0.15) is 6.08 Å². The van der Waals surface area contributed by atoms with Crippen LogP contribution < -0.4 is 24.8 Å². The summed E-state index contributed by atoms with van der Waals surface area (Å²) in [4.78, 5) is 0. The van der Waals surface area contributed by atoms with Crippen LogP contribution in [-0.2, 0) is 26.2 Å². The maximum Gasteiger partial charge on any atom is 3.00 e. The standard InChI is InChI=1S/C20H18Si.2ClH.Zr/c1-21(2)19-13-7-12-18(19)20-16-10-5-3-8-14(16)15-9-4-6-11-17(15)20;;;/h3-6,8-11,13,20H,7H2,1-2H3;2*1H;/q-1;;;+3/p-2. The van der Waals surface area contributed by atoms with Gasteiger partial charge in [-0.25, -0.2) is 10.8 Å². The van der Waals surface area contributed by atoms with Crippen molar-refractivity contribution in [1.82, 2.24) is 0 Å². The van der Waals surface area contributed by atoms with Gasteiger partial charge in [-0.3, -0.25) is 6.08 Å². The van der Waals surface area contributed by atoms with E-state index < -0.39 is 8.80 Å². The Kier molecular flexibility index (Phi) is 7.94. The summed E-state index contributed by atoms with van der Waals surface area (Å²) in [7, 11) is -0.439. The minimum Gasteiger partial charge on any atom is -1.00 e. The minimum absolute atomic E-state index is 0. The molecular weight excluding hydrogens is 430 g/mol. The van der Waals surface area contributed by atoms with Crippen LogP contribution in [0.5, 0.6) is 0 Å². The molecule has 4 heteroatoms. The Morgan fingerprint density at radius 2 is 1.38 bits per heavy atom. The van der Waals surface area contributed by atoms with Crippen molar-refractivity contribution < 1.29 is 51.0 Å². The summed E-state index contributed by atoms with van der Waals surface area (Å²) in [6, 6.07) is 17.7. The number of halogens is 2. The SMILES string of the molecule is C[Si](C)C1=CC[C-]=C1C1c2ccccc2-c2ccccc21.[Cl-].[Cl-].[Zr+3]. The molecule has 2 aliphatic rings. The largest absolute Gasteiger partial charge is 3.00 e. The van der Waals surface area contributed by atoms with Gasteiger partial charge in [0, 0.05) is 5.92 Å². The first-order valence-electron chi connectivity index (χ1n) is 7.57. The average Bonchev–Trinajstić information content (AvgIpc) is 3.09. The van der Waals surface area contributed by atoms with Crippen molar-refractivity contribution in [1.29, 1.82) is 0 Å². The van der Waals surface area contributed by atoms with Gasteiger partial charge in [0.05, 0.1) is 0 Å². The summed E-state index contributed by atoms with van der Waals surface area (Å²) in [6.45, 7) is 4.77. The van der Waals surface area contributed by atoms with E-state index in [1.807, 2.05) is 0 Å². The second-order valence-corrected chi connectivity index (χ2v) is 8.56. The third-order valence-electron chi connectivity index (χ3n) is 4.55. The quantitative estimate of drug-likeness (QED) is 0.415. The molecule has 0 heterocycles. The molecule has 0 fully saturated rings. The first kappa shape index (κ1) is 21.6. The fourth-order valence-corrected chi connectivity index (χ4v) is 4.95. The third-order valence-corrected chi connectivity index (χ3v) is 6.10. The van der Waals surface area contributed by atoms with Crippen LogP contribution in [0.2, 0.25) is 13.1 Å². The molecule has 0 saturated heterocycles. The molecule has 2 aliphatic carbocycles. The number of hydrogen-bond donors (Lipinski definition) is 0. The maximum absolute atomic E-state index is 3.66. The molecule has 0 N–H and O–H groups in total. The van der Waals surface area contributed by atoms with Crippen LogP contribution in [0.3, 0.4) is 0 Å². The number of allylic oxidation sites excluding steroid dienone is 4. The van der Waals surface area contributed by atoms with Gasteiger partial charge in [0.2, 0.25) is 0 Å². The predicted octanol–water partition coefficient (Wildman–Crippen LogP) is -0.842. The molecule has 0 unspecified atom stereocenters. The zero-order valence-electron chi connectivity index (χ0n) is 13.7. The molecule has 0 bridgehead atoms. The van der Waals surface area contributed by atoms with E-state index in [9.17, 15) is 0 Å². The third kappa shape index (κ3) is 3.44. The molecule has 0 nitrogen and oxygen atoms in total. The van der Waals surface area contributed by atoms with Crippen molar-refractivity contribution in [2.75, 3.05) is 0 Å². The van der Waals surface area contributed by atoms with Crippen molar-refractivity contribution >= 4 is 8.80 Å². The van der Waals surface area contributed by atoms with Crippen LogP contribution in [0.4, 0.5) is 0 Å². The molecule has 4 rings (SSSR count). The summed E-state index contributed by atoms with van der Waals surface area (Å²) < 4.78 is 0. The molecular formula is C20H18Cl2SiZr. The Morgan fingerprint density at radius 1 is 0.875 bits per heavy atom. The Labute approximate surface area is 178 Å². The molecule has 24 heavy (non-hydrogen) atoms. The van der Waals surface area contributed by atoms with E-state index in [0.717, 1.165) is 6.42 Å².